The summed E-state index contributed by atoms with van der Waals surface area (Å²) in [4.78, 5) is 24.2. The van der Waals surface area contributed by atoms with Crippen LogP contribution in [0.4, 0.5) is 5.69 Å². The molecule has 30 heavy (non-hydrogen) atoms. The number of amides is 1. The van der Waals surface area contributed by atoms with Gasteiger partial charge in [0.25, 0.3) is 0 Å². The monoisotopic (exact) mass is 402 g/mol. The molecular formula is C24H22N2O4. The molecule has 4 aromatic rings. The molecule has 3 aromatic carbocycles. The molecule has 1 N–H and O–H groups in total. The van der Waals surface area contributed by atoms with Gasteiger partial charge in [0.2, 0.25) is 5.91 Å². The molecule has 0 atom stereocenters. The number of fused-ring (bicyclic) bond motifs is 1. The number of aromatic nitrogens is 1. The van der Waals surface area contributed by atoms with E-state index in [1.165, 1.54) is 5.56 Å². The number of benzene rings is 3. The molecule has 0 fully saturated rings. The smallest absolute Gasteiger partial charge is 0.419 e. The summed E-state index contributed by atoms with van der Waals surface area (Å²) in [5.41, 5.74) is 3.17. The van der Waals surface area contributed by atoms with Gasteiger partial charge in [0.1, 0.15) is 11.5 Å². The SMILES string of the molecule is Cc1ccc(Oc2ccc(NC(=O)CCCn3c(=O)oc4ccccc43)cc2)cc1. The van der Waals surface area contributed by atoms with Gasteiger partial charge in [-0.25, -0.2) is 4.79 Å². The maximum Gasteiger partial charge on any atom is 0.419 e. The summed E-state index contributed by atoms with van der Waals surface area (Å²) < 4.78 is 12.6. The Morgan fingerprint density at radius 2 is 1.63 bits per heavy atom. The van der Waals surface area contributed by atoms with Gasteiger partial charge in [0, 0.05) is 18.7 Å². The summed E-state index contributed by atoms with van der Waals surface area (Å²) in [6, 6.07) is 22.3. The van der Waals surface area contributed by atoms with Crippen LogP contribution in [-0.4, -0.2) is 10.5 Å². The molecule has 4 rings (SSSR count). The number of nitrogens with one attached hydrogen (secondary N) is 1. The van der Waals surface area contributed by atoms with Gasteiger partial charge in [-0.1, -0.05) is 29.8 Å². The van der Waals surface area contributed by atoms with Crippen LogP contribution < -0.4 is 15.8 Å². The summed E-state index contributed by atoms with van der Waals surface area (Å²) in [6.07, 6.45) is 0.831. The Bertz CT molecular complexity index is 1200. The molecule has 0 aliphatic carbocycles. The van der Waals surface area contributed by atoms with Crippen LogP contribution in [0.15, 0.2) is 82.0 Å². The second-order valence-corrected chi connectivity index (χ2v) is 7.08. The van der Waals surface area contributed by atoms with Crippen molar-refractivity contribution < 1.29 is 13.9 Å². The fraction of sp³-hybridized carbons (Fsp3) is 0.167. The molecule has 0 aliphatic heterocycles. The average molecular weight is 402 g/mol. The molecule has 0 aliphatic rings. The van der Waals surface area contributed by atoms with Gasteiger partial charge in [-0.05, 0) is 61.9 Å². The third-order valence-corrected chi connectivity index (χ3v) is 4.75. The van der Waals surface area contributed by atoms with Crippen LogP contribution in [0, 0.1) is 6.92 Å². The Labute approximate surface area is 173 Å². The first-order chi connectivity index (χ1) is 14.6. The molecule has 0 spiro atoms. The number of hydrogen-bond donors (Lipinski definition) is 1. The van der Waals surface area contributed by atoms with Crippen molar-refractivity contribution in [3.8, 4) is 11.5 Å². The zero-order valence-corrected chi connectivity index (χ0v) is 16.6. The van der Waals surface area contributed by atoms with E-state index in [0.717, 1.165) is 11.3 Å². The minimum atomic E-state index is -0.402. The lowest BCUT2D eigenvalue weighted by molar-refractivity contribution is -0.116. The minimum absolute atomic E-state index is 0.108. The number of ether oxygens (including phenoxy) is 1. The van der Waals surface area contributed by atoms with Gasteiger partial charge < -0.3 is 14.5 Å². The van der Waals surface area contributed by atoms with E-state index < -0.39 is 5.76 Å². The van der Waals surface area contributed by atoms with E-state index >= 15 is 0 Å². The molecule has 0 bridgehead atoms. The van der Waals surface area contributed by atoms with E-state index in [0.29, 0.717) is 36.4 Å². The average Bonchev–Trinajstić information content (AvgIpc) is 3.06. The molecule has 1 heterocycles. The van der Waals surface area contributed by atoms with E-state index in [2.05, 4.69) is 5.32 Å². The second-order valence-electron chi connectivity index (χ2n) is 7.08. The zero-order chi connectivity index (χ0) is 20.9. The lowest BCUT2D eigenvalue weighted by atomic mass is 10.2. The minimum Gasteiger partial charge on any atom is -0.457 e. The van der Waals surface area contributed by atoms with Gasteiger partial charge >= 0.3 is 5.76 Å². The first-order valence-electron chi connectivity index (χ1n) is 9.81. The molecule has 0 unspecified atom stereocenters. The summed E-state index contributed by atoms with van der Waals surface area (Å²) in [5, 5.41) is 2.87. The number of aryl methyl sites for hydroxylation is 2. The van der Waals surface area contributed by atoms with Crippen LogP contribution in [0.1, 0.15) is 18.4 Å². The highest BCUT2D eigenvalue weighted by Crippen LogP contribution is 2.23. The topological polar surface area (TPSA) is 73.5 Å². The van der Waals surface area contributed by atoms with E-state index in [1.54, 1.807) is 22.8 Å². The molecule has 6 heteroatoms. The van der Waals surface area contributed by atoms with Crippen molar-refractivity contribution in [1.82, 2.24) is 4.57 Å². The van der Waals surface area contributed by atoms with E-state index in [1.807, 2.05) is 61.5 Å². The van der Waals surface area contributed by atoms with Crippen molar-refractivity contribution in [1.29, 1.82) is 0 Å². The Kier molecular flexibility index (Phi) is 5.66. The van der Waals surface area contributed by atoms with Crippen LogP contribution in [0.3, 0.4) is 0 Å². The summed E-state index contributed by atoms with van der Waals surface area (Å²) in [6.45, 7) is 2.45. The summed E-state index contributed by atoms with van der Waals surface area (Å²) >= 11 is 0. The van der Waals surface area contributed by atoms with Gasteiger partial charge in [-0.3, -0.25) is 9.36 Å². The van der Waals surface area contributed by atoms with Crippen LogP contribution >= 0.6 is 0 Å². The number of hydrogen-bond acceptors (Lipinski definition) is 4. The summed E-state index contributed by atoms with van der Waals surface area (Å²) in [7, 11) is 0. The predicted octanol–water partition coefficient (Wildman–Crippen LogP) is 5.11. The van der Waals surface area contributed by atoms with Crippen molar-refractivity contribution in [2.24, 2.45) is 0 Å². The van der Waals surface area contributed by atoms with E-state index in [4.69, 9.17) is 9.15 Å². The molecule has 0 saturated carbocycles. The van der Waals surface area contributed by atoms with Gasteiger partial charge in [-0.2, -0.15) is 0 Å². The number of rotatable bonds is 7. The quantitative estimate of drug-likeness (QED) is 0.466. The number of nitrogens with zero attached hydrogens (tertiary/aromatic N) is 1. The van der Waals surface area contributed by atoms with Crippen LogP contribution in [0.2, 0.25) is 0 Å². The van der Waals surface area contributed by atoms with Crippen molar-refractivity contribution in [3.05, 3.63) is 88.9 Å². The Balaban J connectivity index is 1.29. The van der Waals surface area contributed by atoms with Crippen molar-refractivity contribution in [3.63, 3.8) is 0 Å². The molecule has 0 saturated heterocycles. The summed E-state index contributed by atoms with van der Waals surface area (Å²) in [5.74, 6) is 0.950. The van der Waals surface area contributed by atoms with Crippen LogP contribution in [-0.2, 0) is 11.3 Å². The number of carbonyl (C=O) groups excluding carboxylic acids is 1. The molecule has 1 aromatic heterocycles. The van der Waals surface area contributed by atoms with Crippen LogP contribution in [0.5, 0.6) is 11.5 Å². The van der Waals surface area contributed by atoms with Crippen LogP contribution in [0.25, 0.3) is 11.1 Å². The molecule has 1 amide bonds. The Morgan fingerprint density at radius 3 is 2.37 bits per heavy atom. The van der Waals surface area contributed by atoms with Crippen molar-refractivity contribution in [2.75, 3.05) is 5.32 Å². The maximum absolute atomic E-state index is 12.2. The highest BCUT2D eigenvalue weighted by Gasteiger charge is 2.09. The lowest BCUT2D eigenvalue weighted by Crippen LogP contribution is -2.17. The zero-order valence-electron chi connectivity index (χ0n) is 16.6. The molecular weight excluding hydrogens is 380 g/mol. The largest absolute Gasteiger partial charge is 0.457 e. The van der Waals surface area contributed by atoms with Crippen molar-refractivity contribution in [2.45, 2.75) is 26.3 Å². The van der Waals surface area contributed by atoms with Gasteiger partial charge in [0.15, 0.2) is 5.58 Å². The Hall–Kier alpha value is -3.80. The fourth-order valence-corrected chi connectivity index (χ4v) is 3.20. The first-order valence-corrected chi connectivity index (χ1v) is 9.81. The first kappa shape index (κ1) is 19.5. The maximum atomic E-state index is 12.2. The number of anilines is 1. The van der Waals surface area contributed by atoms with E-state index in [-0.39, 0.29) is 5.91 Å². The van der Waals surface area contributed by atoms with Gasteiger partial charge in [0.05, 0.1) is 5.52 Å². The molecule has 152 valence electrons. The number of para-hydroxylation sites is 2. The lowest BCUT2D eigenvalue weighted by Gasteiger charge is -2.08. The Morgan fingerprint density at radius 1 is 0.967 bits per heavy atom. The normalized spacial score (nSPS) is 10.8. The standard InChI is InChI=1S/C24H22N2O4/c1-17-8-12-19(13-9-17)29-20-14-10-18(11-15-20)25-23(27)7-4-16-26-21-5-2-3-6-22(21)30-24(26)28/h2-3,5-6,8-15H,4,7,16H2,1H3,(H,25,27). The third kappa shape index (κ3) is 4.60. The predicted molar refractivity (Wildman–Crippen MR) is 116 cm³/mol. The van der Waals surface area contributed by atoms with E-state index in [9.17, 15) is 9.59 Å². The molecule has 6 nitrogen and oxygen atoms in total. The van der Waals surface area contributed by atoms with Crippen molar-refractivity contribution >= 4 is 22.7 Å². The highest BCUT2D eigenvalue weighted by atomic mass is 16.5. The number of oxazole rings is 1. The third-order valence-electron chi connectivity index (χ3n) is 4.75. The number of carbonyl (C=O) groups is 1. The van der Waals surface area contributed by atoms with Gasteiger partial charge in [-0.15, -0.1) is 0 Å². The molecule has 0 radical (unpaired) electrons. The highest BCUT2D eigenvalue weighted by molar-refractivity contribution is 5.90. The second kappa shape index (κ2) is 8.69. The fourth-order valence-electron chi connectivity index (χ4n) is 3.20.